The minimum atomic E-state index is -0.386. The maximum Gasteiger partial charge on any atom is 0.266 e. The number of thiocarbonyl (C=S) groups is 1. The van der Waals surface area contributed by atoms with Crippen molar-refractivity contribution in [3.63, 3.8) is 0 Å². The molecule has 0 unspecified atom stereocenters. The number of thioether (sulfide) groups is 1. The molecule has 1 aliphatic rings. The number of nitrogens with one attached hydrogen (secondary N) is 1. The second kappa shape index (κ2) is 7.50. The number of aromatic hydroxyl groups is 1. The van der Waals surface area contributed by atoms with Crippen LogP contribution in [0.5, 0.6) is 5.75 Å². The van der Waals surface area contributed by atoms with Crippen molar-refractivity contribution in [3.8, 4) is 5.75 Å². The highest BCUT2D eigenvalue weighted by Crippen LogP contribution is 2.32. The molecule has 0 bridgehead atoms. The summed E-state index contributed by atoms with van der Waals surface area (Å²) in [6, 6.07) is 15.6. The molecular formula is C18H14N2O3S2. The van der Waals surface area contributed by atoms with Gasteiger partial charge >= 0.3 is 0 Å². The van der Waals surface area contributed by atoms with Gasteiger partial charge in [0, 0.05) is 11.8 Å². The van der Waals surface area contributed by atoms with Crippen LogP contribution in [0.25, 0.3) is 6.08 Å². The molecule has 0 spiro atoms. The zero-order valence-electron chi connectivity index (χ0n) is 13.0. The maximum atomic E-state index is 12.5. The molecule has 2 aromatic rings. The summed E-state index contributed by atoms with van der Waals surface area (Å²) in [5.74, 6) is -0.623. The summed E-state index contributed by atoms with van der Waals surface area (Å²) in [5, 5.41) is 12.1. The maximum absolute atomic E-state index is 12.5. The third kappa shape index (κ3) is 4.26. The second-order valence-electron chi connectivity index (χ2n) is 5.28. The van der Waals surface area contributed by atoms with Gasteiger partial charge in [0.05, 0.1) is 4.91 Å². The van der Waals surface area contributed by atoms with Crippen LogP contribution in [0.4, 0.5) is 5.69 Å². The number of nitrogens with zero attached hydrogens (tertiary/aromatic N) is 1. The lowest BCUT2D eigenvalue weighted by Gasteiger charge is -2.14. The fourth-order valence-electron chi connectivity index (χ4n) is 2.26. The Labute approximate surface area is 154 Å². The zero-order chi connectivity index (χ0) is 17.8. The Balaban J connectivity index is 1.68. The first-order chi connectivity index (χ1) is 12.0. The minimum absolute atomic E-state index is 0.0502. The summed E-state index contributed by atoms with van der Waals surface area (Å²) >= 11 is 6.40. The van der Waals surface area contributed by atoms with Crippen molar-refractivity contribution in [3.05, 3.63) is 65.1 Å². The molecule has 0 aliphatic carbocycles. The van der Waals surface area contributed by atoms with E-state index in [9.17, 15) is 14.7 Å². The standard InChI is InChI=1S/C18H14N2O3S2/c21-14-8-4-7-13(10-14)19-16(22)11-20-17(23)15(25-18(20)24)9-12-5-2-1-3-6-12/h1-10,21H,11H2,(H,19,22)/b15-9-. The highest BCUT2D eigenvalue weighted by atomic mass is 32.2. The molecule has 1 aliphatic heterocycles. The molecule has 0 aromatic heterocycles. The van der Waals surface area contributed by atoms with Crippen molar-refractivity contribution < 1.29 is 14.7 Å². The molecule has 1 fully saturated rings. The van der Waals surface area contributed by atoms with E-state index in [1.54, 1.807) is 18.2 Å². The lowest BCUT2D eigenvalue weighted by Crippen LogP contribution is -2.36. The highest BCUT2D eigenvalue weighted by molar-refractivity contribution is 8.26. The topological polar surface area (TPSA) is 69.6 Å². The molecule has 7 heteroatoms. The van der Waals surface area contributed by atoms with Crippen LogP contribution < -0.4 is 5.32 Å². The molecule has 2 amide bonds. The summed E-state index contributed by atoms with van der Waals surface area (Å²) in [6.45, 7) is -0.174. The van der Waals surface area contributed by atoms with Gasteiger partial charge in [-0.2, -0.15) is 0 Å². The molecule has 0 atom stereocenters. The van der Waals surface area contributed by atoms with Crippen molar-refractivity contribution in [1.29, 1.82) is 0 Å². The van der Waals surface area contributed by atoms with Gasteiger partial charge in [-0.1, -0.05) is 60.4 Å². The number of hydrogen-bond acceptors (Lipinski definition) is 5. The fourth-order valence-corrected chi connectivity index (χ4v) is 3.52. The summed E-state index contributed by atoms with van der Waals surface area (Å²) in [4.78, 5) is 26.4. The van der Waals surface area contributed by atoms with Crippen LogP contribution in [-0.4, -0.2) is 32.7 Å². The van der Waals surface area contributed by atoms with Crippen molar-refractivity contribution in [1.82, 2.24) is 4.90 Å². The SMILES string of the molecule is O=C(CN1C(=O)/C(=C/c2ccccc2)SC1=S)Nc1cccc(O)c1. The molecule has 0 saturated carbocycles. The molecule has 2 N–H and O–H groups in total. The number of amides is 2. The number of carbonyl (C=O) groups excluding carboxylic acids is 2. The molecule has 25 heavy (non-hydrogen) atoms. The van der Waals surface area contributed by atoms with E-state index in [0.717, 1.165) is 5.56 Å². The summed E-state index contributed by atoms with van der Waals surface area (Å²) in [6.07, 6.45) is 1.76. The number of phenolic OH excluding ortho intramolecular Hbond substituents is 1. The molecule has 5 nitrogen and oxygen atoms in total. The summed E-state index contributed by atoms with van der Waals surface area (Å²) < 4.78 is 0.346. The second-order valence-corrected chi connectivity index (χ2v) is 6.95. The smallest absolute Gasteiger partial charge is 0.266 e. The Morgan fingerprint density at radius 2 is 1.96 bits per heavy atom. The molecule has 3 rings (SSSR count). The van der Waals surface area contributed by atoms with E-state index in [0.29, 0.717) is 14.9 Å². The number of benzene rings is 2. The van der Waals surface area contributed by atoms with Crippen LogP contribution in [-0.2, 0) is 9.59 Å². The molecule has 1 heterocycles. The monoisotopic (exact) mass is 370 g/mol. The quantitative estimate of drug-likeness (QED) is 0.639. The number of anilines is 1. The van der Waals surface area contributed by atoms with E-state index in [-0.39, 0.29) is 24.1 Å². The molecular weight excluding hydrogens is 356 g/mol. The van der Waals surface area contributed by atoms with Gasteiger partial charge in [0.25, 0.3) is 5.91 Å². The van der Waals surface area contributed by atoms with Crippen molar-refractivity contribution >= 4 is 51.9 Å². The van der Waals surface area contributed by atoms with Crippen molar-refractivity contribution in [2.45, 2.75) is 0 Å². The van der Waals surface area contributed by atoms with Crippen LogP contribution in [0.15, 0.2) is 59.5 Å². The Kier molecular flexibility index (Phi) is 5.16. The average molecular weight is 370 g/mol. The van der Waals surface area contributed by atoms with Gasteiger partial charge < -0.3 is 10.4 Å². The number of carbonyl (C=O) groups is 2. The van der Waals surface area contributed by atoms with E-state index >= 15 is 0 Å². The third-order valence-electron chi connectivity index (χ3n) is 3.40. The van der Waals surface area contributed by atoms with E-state index in [1.807, 2.05) is 30.3 Å². The van der Waals surface area contributed by atoms with E-state index in [1.165, 1.54) is 28.8 Å². The van der Waals surface area contributed by atoms with Gasteiger partial charge in [-0.3, -0.25) is 14.5 Å². The Morgan fingerprint density at radius 3 is 2.68 bits per heavy atom. The third-order valence-corrected chi connectivity index (χ3v) is 4.78. The molecule has 1 saturated heterocycles. The largest absolute Gasteiger partial charge is 0.508 e. The molecule has 126 valence electrons. The Hall–Kier alpha value is -2.64. The van der Waals surface area contributed by atoms with E-state index in [4.69, 9.17) is 12.2 Å². The Morgan fingerprint density at radius 1 is 1.20 bits per heavy atom. The van der Waals surface area contributed by atoms with Gasteiger partial charge in [0.2, 0.25) is 5.91 Å². The minimum Gasteiger partial charge on any atom is -0.508 e. The Bertz CT molecular complexity index is 866. The van der Waals surface area contributed by atoms with Crippen LogP contribution in [0.2, 0.25) is 0 Å². The molecule has 0 radical (unpaired) electrons. The van der Waals surface area contributed by atoms with Crippen LogP contribution in [0.1, 0.15) is 5.56 Å². The normalized spacial score (nSPS) is 15.7. The van der Waals surface area contributed by atoms with Crippen LogP contribution in [0.3, 0.4) is 0 Å². The lowest BCUT2D eigenvalue weighted by atomic mass is 10.2. The number of phenols is 1. The van der Waals surface area contributed by atoms with Crippen molar-refractivity contribution in [2.24, 2.45) is 0 Å². The average Bonchev–Trinajstić information content (AvgIpc) is 2.83. The first kappa shape index (κ1) is 17.2. The van der Waals surface area contributed by atoms with E-state index < -0.39 is 0 Å². The predicted molar refractivity (Wildman–Crippen MR) is 103 cm³/mol. The first-order valence-electron chi connectivity index (χ1n) is 7.42. The highest BCUT2D eigenvalue weighted by Gasteiger charge is 2.33. The number of rotatable bonds is 4. The summed E-state index contributed by atoms with van der Waals surface area (Å²) in [5.41, 5.74) is 1.35. The van der Waals surface area contributed by atoms with Gasteiger partial charge in [-0.05, 0) is 23.8 Å². The van der Waals surface area contributed by atoms with Gasteiger partial charge in [0.1, 0.15) is 16.6 Å². The number of hydrogen-bond donors (Lipinski definition) is 2. The first-order valence-corrected chi connectivity index (χ1v) is 8.65. The van der Waals surface area contributed by atoms with Gasteiger partial charge in [-0.25, -0.2) is 0 Å². The van der Waals surface area contributed by atoms with E-state index in [2.05, 4.69) is 5.32 Å². The van der Waals surface area contributed by atoms with Crippen LogP contribution in [0, 0.1) is 0 Å². The lowest BCUT2D eigenvalue weighted by molar-refractivity contribution is -0.126. The van der Waals surface area contributed by atoms with Gasteiger partial charge in [-0.15, -0.1) is 0 Å². The van der Waals surface area contributed by atoms with Crippen LogP contribution >= 0.6 is 24.0 Å². The summed E-state index contributed by atoms with van der Waals surface area (Å²) in [7, 11) is 0. The van der Waals surface area contributed by atoms with Gasteiger partial charge in [0.15, 0.2) is 0 Å². The molecule has 2 aromatic carbocycles. The zero-order valence-corrected chi connectivity index (χ0v) is 14.6. The fraction of sp³-hybridized carbons (Fsp3) is 0.0556. The van der Waals surface area contributed by atoms with Crippen molar-refractivity contribution in [2.75, 3.05) is 11.9 Å². The predicted octanol–water partition coefficient (Wildman–Crippen LogP) is 3.23.